The number of fused-ring (bicyclic) bond motifs is 1. The molecular formula is C6H4ClN3O2S. The van der Waals surface area contributed by atoms with E-state index in [1.54, 1.807) is 12.3 Å². The van der Waals surface area contributed by atoms with Gasteiger partial charge in [0.05, 0.1) is 6.20 Å². The summed E-state index contributed by atoms with van der Waals surface area (Å²) >= 11 is 0. The zero-order valence-corrected chi connectivity index (χ0v) is 7.83. The van der Waals surface area contributed by atoms with Gasteiger partial charge in [0, 0.05) is 23.1 Å². The van der Waals surface area contributed by atoms with Gasteiger partial charge in [0.1, 0.15) is 4.90 Å². The van der Waals surface area contributed by atoms with Crippen molar-refractivity contribution in [3.8, 4) is 0 Å². The lowest BCUT2D eigenvalue weighted by atomic mass is 10.6. The predicted molar refractivity (Wildman–Crippen MR) is 46.0 cm³/mol. The molecule has 0 saturated carbocycles. The van der Waals surface area contributed by atoms with Crippen LogP contribution in [0.25, 0.3) is 5.65 Å². The second-order valence-corrected chi connectivity index (χ2v) is 4.87. The first-order chi connectivity index (χ1) is 6.09. The third-order valence-electron chi connectivity index (χ3n) is 1.51. The molecule has 2 aromatic rings. The van der Waals surface area contributed by atoms with E-state index in [-0.39, 0.29) is 10.5 Å². The number of aromatic nitrogens is 3. The maximum absolute atomic E-state index is 11.0. The lowest BCUT2D eigenvalue weighted by Gasteiger charge is -1.91. The minimum absolute atomic E-state index is 0.0743. The van der Waals surface area contributed by atoms with E-state index in [1.807, 2.05) is 0 Å². The van der Waals surface area contributed by atoms with Crippen LogP contribution in [0.3, 0.4) is 0 Å². The van der Waals surface area contributed by atoms with Crippen LogP contribution in [0.4, 0.5) is 0 Å². The minimum atomic E-state index is -3.76. The first-order valence-electron chi connectivity index (χ1n) is 3.32. The van der Waals surface area contributed by atoms with Gasteiger partial charge in [-0.2, -0.15) is 5.10 Å². The van der Waals surface area contributed by atoms with Gasteiger partial charge in [-0.3, -0.25) is 0 Å². The molecule has 0 atom stereocenters. The minimum Gasteiger partial charge on any atom is -0.236 e. The molecule has 2 rings (SSSR count). The number of nitrogens with zero attached hydrogens (tertiary/aromatic N) is 3. The van der Waals surface area contributed by atoms with Crippen LogP contribution in [0.1, 0.15) is 0 Å². The molecule has 7 heteroatoms. The van der Waals surface area contributed by atoms with Gasteiger partial charge in [-0.05, 0) is 6.07 Å². The SMILES string of the molecule is O=S(=O)(Cl)c1cnn2cccnc12. The largest absolute Gasteiger partial charge is 0.266 e. The van der Waals surface area contributed by atoms with Crippen molar-refractivity contribution in [3.63, 3.8) is 0 Å². The molecule has 0 aromatic carbocycles. The fourth-order valence-electron chi connectivity index (χ4n) is 0.977. The molecule has 0 aliphatic carbocycles. The van der Waals surface area contributed by atoms with Crippen molar-refractivity contribution in [2.24, 2.45) is 0 Å². The molecule has 0 amide bonds. The summed E-state index contributed by atoms with van der Waals surface area (Å²) in [6, 6.07) is 1.64. The summed E-state index contributed by atoms with van der Waals surface area (Å²) in [6.45, 7) is 0. The number of halogens is 1. The third kappa shape index (κ3) is 1.38. The second kappa shape index (κ2) is 2.68. The second-order valence-electron chi connectivity index (χ2n) is 2.33. The summed E-state index contributed by atoms with van der Waals surface area (Å²) in [6.07, 6.45) is 4.24. The van der Waals surface area contributed by atoms with Crippen LogP contribution in [-0.2, 0) is 9.05 Å². The van der Waals surface area contributed by atoms with Crippen molar-refractivity contribution < 1.29 is 8.42 Å². The van der Waals surface area contributed by atoms with E-state index in [0.29, 0.717) is 0 Å². The van der Waals surface area contributed by atoms with Crippen LogP contribution in [0.5, 0.6) is 0 Å². The van der Waals surface area contributed by atoms with E-state index in [4.69, 9.17) is 10.7 Å². The summed E-state index contributed by atoms with van der Waals surface area (Å²) in [5.74, 6) is 0. The van der Waals surface area contributed by atoms with Crippen molar-refractivity contribution in [1.29, 1.82) is 0 Å². The van der Waals surface area contributed by atoms with E-state index in [2.05, 4.69) is 10.1 Å². The van der Waals surface area contributed by atoms with Gasteiger partial charge >= 0.3 is 0 Å². The molecule has 0 spiro atoms. The Morgan fingerprint density at radius 1 is 1.46 bits per heavy atom. The monoisotopic (exact) mass is 217 g/mol. The summed E-state index contributed by atoms with van der Waals surface area (Å²) in [4.78, 5) is 3.77. The van der Waals surface area contributed by atoms with Gasteiger partial charge in [0.25, 0.3) is 9.05 Å². The van der Waals surface area contributed by atoms with Crippen molar-refractivity contribution in [3.05, 3.63) is 24.7 Å². The van der Waals surface area contributed by atoms with Crippen molar-refractivity contribution in [2.75, 3.05) is 0 Å². The predicted octanol–water partition coefficient (Wildman–Crippen LogP) is 0.657. The number of rotatable bonds is 1. The average Bonchev–Trinajstić information content (AvgIpc) is 2.45. The van der Waals surface area contributed by atoms with Gasteiger partial charge in [0.15, 0.2) is 5.65 Å². The molecule has 0 aliphatic heterocycles. The van der Waals surface area contributed by atoms with E-state index < -0.39 is 9.05 Å². The Labute approximate surface area is 78.4 Å². The third-order valence-corrected chi connectivity index (χ3v) is 2.82. The normalized spacial score (nSPS) is 12.1. The molecule has 0 saturated heterocycles. The van der Waals surface area contributed by atoms with Crippen LogP contribution >= 0.6 is 10.7 Å². The fourth-order valence-corrected chi connectivity index (χ4v) is 1.84. The number of hydrogen-bond acceptors (Lipinski definition) is 4. The highest BCUT2D eigenvalue weighted by Crippen LogP contribution is 2.17. The maximum Gasteiger partial charge on any atom is 0.266 e. The van der Waals surface area contributed by atoms with Gasteiger partial charge in [-0.15, -0.1) is 0 Å². The Morgan fingerprint density at radius 2 is 2.23 bits per heavy atom. The molecule has 68 valence electrons. The van der Waals surface area contributed by atoms with Gasteiger partial charge in [-0.25, -0.2) is 17.9 Å². The summed E-state index contributed by atoms with van der Waals surface area (Å²) in [5, 5.41) is 3.78. The van der Waals surface area contributed by atoms with Gasteiger partial charge in [0.2, 0.25) is 0 Å². The highest BCUT2D eigenvalue weighted by Gasteiger charge is 2.16. The Bertz CT molecular complexity index is 548. The molecule has 0 aliphatic rings. The summed E-state index contributed by atoms with van der Waals surface area (Å²) in [5.41, 5.74) is 0.234. The van der Waals surface area contributed by atoms with E-state index in [1.165, 1.54) is 16.9 Å². The topological polar surface area (TPSA) is 64.3 Å². The van der Waals surface area contributed by atoms with E-state index in [9.17, 15) is 8.42 Å². The molecule has 13 heavy (non-hydrogen) atoms. The Morgan fingerprint density at radius 3 is 2.92 bits per heavy atom. The molecule has 0 bridgehead atoms. The van der Waals surface area contributed by atoms with Crippen LogP contribution in [0.2, 0.25) is 0 Å². The molecular weight excluding hydrogens is 214 g/mol. The highest BCUT2D eigenvalue weighted by atomic mass is 35.7. The Balaban J connectivity index is 2.87. The average molecular weight is 218 g/mol. The molecule has 5 nitrogen and oxygen atoms in total. The van der Waals surface area contributed by atoms with E-state index in [0.717, 1.165) is 0 Å². The molecule has 0 fully saturated rings. The standard InChI is InChI=1S/C6H4ClN3O2S/c7-13(11,12)5-4-9-10-3-1-2-8-6(5)10/h1-4H. The van der Waals surface area contributed by atoms with Crippen molar-refractivity contribution in [1.82, 2.24) is 14.6 Å². The Hall–Kier alpha value is -1.14. The quantitative estimate of drug-likeness (QED) is 0.659. The first kappa shape index (κ1) is 8.46. The first-order valence-corrected chi connectivity index (χ1v) is 5.63. The fraction of sp³-hybridized carbons (Fsp3) is 0. The van der Waals surface area contributed by atoms with Crippen LogP contribution < -0.4 is 0 Å². The molecule has 2 heterocycles. The summed E-state index contributed by atoms with van der Waals surface area (Å²) < 4.78 is 23.3. The summed E-state index contributed by atoms with van der Waals surface area (Å²) in [7, 11) is 1.40. The van der Waals surface area contributed by atoms with Crippen LogP contribution in [-0.4, -0.2) is 23.0 Å². The lowest BCUT2D eigenvalue weighted by Crippen LogP contribution is -1.92. The molecule has 0 N–H and O–H groups in total. The smallest absolute Gasteiger partial charge is 0.236 e. The van der Waals surface area contributed by atoms with Crippen molar-refractivity contribution in [2.45, 2.75) is 4.90 Å². The molecule has 0 unspecified atom stereocenters. The molecule has 0 radical (unpaired) electrons. The maximum atomic E-state index is 11.0. The van der Waals surface area contributed by atoms with Gasteiger partial charge < -0.3 is 0 Å². The van der Waals surface area contributed by atoms with Crippen molar-refractivity contribution >= 4 is 25.4 Å². The zero-order valence-electron chi connectivity index (χ0n) is 6.25. The van der Waals surface area contributed by atoms with Crippen LogP contribution in [0, 0.1) is 0 Å². The van der Waals surface area contributed by atoms with E-state index >= 15 is 0 Å². The molecule has 2 aromatic heterocycles. The Kier molecular flexibility index (Phi) is 1.74. The van der Waals surface area contributed by atoms with Gasteiger partial charge in [-0.1, -0.05) is 0 Å². The van der Waals surface area contributed by atoms with Crippen LogP contribution in [0.15, 0.2) is 29.6 Å². The highest BCUT2D eigenvalue weighted by molar-refractivity contribution is 8.13. The zero-order chi connectivity index (χ0) is 9.47. The lowest BCUT2D eigenvalue weighted by molar-refractivity contribution is 0.610. The number of hydrogen-bond donors (Lipinski definition) is 0.